The van der Waals surface area contributed by atoms with Gasteiger partial charge in [0.05, 0.1) is 11.6 Å². The van der Waals surface area contributed by atoms with E-state index in [2.05, 4.69) is 5.32 Å². The smallest absolute Gasteiger partial charge is 0.307 e. The summed E-state index contributed by atoms with van der Waals surface area (Å²) in [6, 6.07) is 3.38. The minimum absolute atomic E-state index is 0.301. The van der Waals surface area contributed by atoms with E-state index < -0.39 is 35.3 Å². The molecule has 98 valence electrons. The minimum atomic E-state index is -1.17. The number of aliphatic carboxylic acids is 1. The highest BCUT2D eigenvalue weighted by Crippen LogP contribution is 2.19. The van der Waals surface area contributed by atoms with Crippen molar-refractivity contribution >= 4 is 17.6 Å². The fourth-order valence-corrected chi connectivity index (χ4v) is 1.29. The van der Waals surface area contributed by atoms with Gasteiger partial charge in [-0.2, -0.15) is 0 Å². The zero-order chi connectivity index (χ0) is 13.9. The molecule has 6 heteroatoms. The van der Waals surface area contributed by atoms with E-state index in [1.807, 2.05) is 0 Å². The number of carbonyl (C=O) groups excluding carboxylic acids is 1. The maximum absolute atomic E-state index is 13.3. The van der Waals surface area contributed by atoms with Gasteiger partial charge in [-0.15, -0.1) is 0 Å². The fourth-order valence-electron chi connectivity index (χ4n) is 1.29. The summed E-state index contributed by atoms with van der Waals surface area (Å²) in [7, 11) is 0. The number of halogens is 2. The lowest BCUT2D eigenvalue weighted by atomic mass is 9.95. The number of carboxylic acids is 1. The van der Waals surface area contributed by atoms with Gasteiger partial charge in [0, 0.05) is 5.92 Å². The Kier molecular flexibility index (Phi) is 4.36. The molecule has 1 amide bonds. The molecule has 0 saturated carbocycles. The van der Waals surface area contributed by atoms with Crippen LogP contribution >= 0.6 is 0 Å². The Balaban J connectivity index is 2.82. The van der Waals surface area contributed by atoms with Crippen molar-refractivity contribution in [2.45, 2.75) is 13.8 Å². The van der Waals surface area contributed by atoms with Gasteiger partial charge in [-0.25, -0.2) is 8.78 Å². The standard InChI is InChI=1S/C12H13F2NO3/c1-6(7(2)12(17)18)11(16)15-9-5-3-4-8(13)10(9)14/h3-7H,1-2H3,(H,15,16)(H,17,18). The van der Waals surface area contributed by atoms with Crippen molar-refractivity contribution < 1.29 is 23.5 Å². The van der Waals surface area contributed by atoms with Crippen molar-refractivity contribution in [1.82, 2.24) is 0 Å². The second-order valence-corrected chi connectivity index (χ2v) is 4.01. The third kappa shape index (κ3) is 3.03. The van der Waals surface area contributed by atoms with E-state index in [0.717, 1.165) is 6.07 Å². The predicted molar refractivity (Wildman–Crippen MR) is 61.0 cm³/mol. The monoisotopic (exact) mass is 257 g/mol. The molecular weight excluding hydrogens is 244 g/mol. The first-order valence-corrected chi connectivity index (χ1v) is 5.32. The molecule has 2 N–H and O–H groups in total. The summed E-state index contributed by atoms with van der Waals surface area (Å²) < 4.78 is 26.2. The van der Waals surface area contributed by atoms with Gasteiger partial charge in [0.2, 0.25) is 5.91 Å². The quantitative estimate of drug-likeness (QED) is 0.869. The molecular formula is C12H13F2NO3. The van der Waals surface area contributed by atoms with Crippen LogP contribution in [0, 0.1) is 23.5 Å². The van der Waals surface area contributed by atoms with Gasteiger partial charge < -0.3 is 10.4 Å². The highest BCUT2D eigenvalue weighted by Gasteiger charge is 2.26. The molecule has 0 aromatic heterocycles. The zero-order valence-electron chi connectivity index (χ0n) is 9.91. The first-order valence-electron chi connectivity index (χ1n) is 5.32. The van der Waals surface area contributed by atoms with Crippen LogP contribution in [0.15, 0.2) is 18.2 Å². The molecule has 0 aliphatic carbocycles. The zero-order valence-corrected chi connectivity index (χ0v) is 9.91. The summed E-state index contributed by atoms with van der Waals surface area (Å²) in [4.78, 5) is 22.4. The fraction of sp³-hybridized carbons (Fsp3) is 0.333. The van der Waals surface area contributed by atoms with Gasteiger partial charge >= 0.3 is 5.97 Å². The Hall–Kier alpha value is -1.98. The molecule has 0 spiro atoms. The van der Waals surface area contributed by atoms with Crippen LogP contribution in [-0.4, -0.2) is 17.0 Å². The number of rotatable bonds is 4. The lowest BCUT2D eigenvalue weighted by molar-refractivity contribution is -0.145. The normalized spacial score (nSPS) is 13.8. The molecule has 4 nitrogen and oxygen atoms in total. The van der Waals surface area contributed by atoms with Crippen molar-refractivity contribution in [3.05, 3.63) is 29.8 Å². The third-order valence-electron chi connectivity index (χ3n) is 2.76. The summed E-state index contributed by atoms with van der Waals surface area (Å²) in [6.45, 7) is 2.78. The molecule has 1 rings (SSSR count). The van der Waals surface area contributed by atoms with Gasteiger partial charge in [0.15, 0.2) is 11.6 Å². The number of hydrogen-bond acceptors (Lipinski definition) is 2. The largest absolute Gasteiger partial charge is 0.481 e. The third-order valence-corrected chi connectivity index (χ3v) is 2.76. The van der Waals surface area contributed by atoms with E-state index in [0.29, 0.717) is 0 Å². The van der Waals surface area contributed by atoms with Crippen LogP contribution in [0.25, 0.3) is 0 Å². The van der Waals surface area contributed by atoms with Crippen LogP contribution < -0.4 is 5.32 Å². The number of benzene rings is 1. The Morgan fingerprint density at radius 1 is 1.22 bits per heavy atom. The van der Waals surface area contributed by atoms with Crippen LogP contribution in [0.5, 0.6) is 0 Å². The first-order chi connectivity index (χ1) is 8.34. The molecule has 1 aromatic rings. The molecule has 1 aromatic carbocycles. The number of anilines is 1. The van der Waals surface area contributed by atoms with Crippen LogP contribution in [-0.2, 0) is 9.59 Å². The molecule has 0 saturated heterocycles. The molecule has 0 bridgehead atoms. The Labute approximate surface area is 103 Å². The lowest BCUT2D eigenvalue weighted by Gasteiger charge is -2.16. The van der Waals surface area contributed by atoms with Crippen LogP contribution in [0.1, 0.15) is 13.8 Å². The molecule has 0 aliphatic rings. The van der Waals surface area contributed by atoms with Crippen molar-refractivity contribution in [2.24, 2.45) is 11.8 Å². The van der Waals surface area contributed by atoms with E-state index in [4.69, 9.17) is 5.11 Å². The SMILES string of the molecule is CC(C(=O)O)C(C)C(=O)Nc1cccc(F)c1F. The number of hydrogen-bond donors (Lipinski definition) is 2. The van der Waals surface area contributed by atoms with E-state index in [1.165, 1.54) is 26.0 Å². The number of nitrogens with one attached hydrogen (secondary N) is 1. The van der Waals surface area contributed by atoms with Crippen LogP contribution in [0.2, 0.25) is 0 Å². The van der Waals surface area contributed by atoms with Crippen LogP contribution in [0.4, 0.5) is 14.5 Å². The molecule has 0 fully saturated rings. The predicted octanol–water partition coefficient (Wildman–Crippen LogP) is 2.26. The average molecular weight is 257 g/mol. The van der Waals surface area contributed by atoms with Crippen molar-refractivity contribution in [3.8, 4) is 0 Å². The molecule has 0 radical (unpaired) electrons. The number of amides is 1. The topological polar surface area (TPSA) is 66.4 Å². The van der Waals surface area contributed by atoms with Gasteiger partial charge in [-0.05, 0) is 12.1 Å². The first kappa shape index (κ1) is 14.1. The Bertz CT molecular complexity index is 476. The number of carbonyl (C=O) groups is 2. The van der Waals surface area contributed by atoms with Gasteiger partial charge in [0.25, 0.3) is 0 Å². The highest BCUT2D eigenvalue weighted by molar-refractivity contribution is 5.94. The lowest BCUT2D eigenvalue weighted by Crippen LogP contribution is -2.30. The molecule has 0 aliphatic heterocycles. The van der Waals surface area contributed by atoms with E-state index in [1.54, 1.807) is 0 Å². The second kappa shape index (κ2) is 5.57. The summed E-state index contributed by atoms with van der Waals surface area (Å²) in [5.74, 6) is -5.81. The summed E-state index contributed by atoms with van der Waals surface area (Å²) in [6.07, 6.45) is 0. The maximum atomic E-state index is 13.3. The van der Waals surface area contributed by atoms with Crippen molar-refractivity contribution in [2.75, 3.05) is 5.32 Å². The molecule has 2 unspecified atom stereocenters. The molecule has 18 heavy (non-hydrogen) atoms. The second-order valence-electron chi connectivity index (χ2n) is 4.01. The van der Waals surface area contributed by atoms with Crippen molar-refractivity contribution in [1.29, 1.82) is 0 Å². The van der Waals surface area contributed by atoms with E-state index in [9.17, 15) is 18.4 Å². The van der Waals surface area contributed by atoms with E-state index >= 15 is 0 Å². The van der Waals surface area contributed by atoms with Gasteiger partial charge in [0.1, 0.15) is 0 Å². The summed E-state index contributed by atoms with van der Waals surface area (Å²) >= 11 is 0. The summed E-state index contributed by atoms with van der Waals surface area (Å²) in [5, 5.41) is 10.9. The molecule has 0 heterocycles. The van der Waals surface area contributed by atoms with E-state index in [-0.39, 0.29) is 5.69 Å². The average Bonchev–Trinajstić information content (AvgIpc) is 2.32. The van der Waals surface area contributed by atoms with Gasteiger partial charge in [-0.3, -0.25) is 9.59 Å². The number of carboxylic acid groups (broad SMARTS) is 1. The maximum Gasteiger partial charge on any atom is 0.307 e. The van der Waals surface area contributed by atoms with Gasteiger partial charge in [-0.1, -0.05) is 19.9 Å². The Morgan fingerprint density at radius 3 is 2.39 bits per heavy atom. The Morgan fingerprint density at radius 2 is 1.83 bits per heavy atom. The molecule has 2 atom stereocenters. The van der Waals surface area contributed by atoms with Crippen molar-refractivity contribution in [3.63, 3.8) is 0 Å². The summed E-state index contributed by atoms with van der Waals surface area (Å²) in [5.41, 5.74) is -0.301. The highest BCUT2D eigenvalue weighted by atomic mass is 19.2. The minimum Gasteiger partial charge on any atom is -0.481 e. The van der Waals surface area contributed by atoms with Crippen LogP contribution in [0.3, 0.4) is 0 Å².